The number of hydrogen-bond acceptors (Lipinski definition) is 6. The molecule has 0 amide bonds. The summed E-state index contributed by atoms with van der Waals surface area (Å²) in [5, 5.41) is 3.84. The normalized spacial score (nSPS) is 16.1. The number of benzene rings is 1. The number of rotatable bonds is 6. The first-order chi connectivity index (χ1) is 18.5. The quantitative estimate of drug-likeness (QED) is 0.319. The molecule has 0 bridgehead atoms. The van der Waals surface area contributed by atoms with Gasteiger partial charge in [-0.05, 0) is 56.1 Å². The molecule has 1 aliphatic rings. The Labute approximate surface area is 228 Å². The smallest absolute Gasteiger partial charge is 0.406 e. The number of hydrogen-bond donors (Lipinski definition) is 1. The van der Waals surface area contributed by atoms with Gasteiger partial charge in [-0.15, -0.1) is 11.3 Å². The highest BCUT2D eigenvalue weighted by Crippen LogP contribution is 2.42. The lowest BCUT2D eigenvalue weighted by atomic mass is 10.0. The number of ether oxygens (including phenoxy) is 1. The van der Waals surface area contributed by atoms with E-state index in [0.717, 1.165) is 36.1 Å². The Balaban J connectivity index is 1.57. The van der Waals surface area contributed by atoms with Crippen molar-refractivity contribution in [3.8, 4) is 16.9 Å². The predicted molar refractivity (Wildman–Crippen MR) is 141 cm³/mol. The molecule has 39 heavy (non-hydrogen) atoms. The lowest BCUT2D eigenvalue weighted by Crippen LogP contribution is -2.43. The maximum Gasteiger partial charge on any atom is 0.406 e. The van der Waals surface area contributed by atoms with Crippen molar-refractivity contribution < 1.29 is 22.3 Å². The highest BCUT2D eigenvalue weighted by molar-refractivity contribution is 7.19. The fourth-order valence-corrected chi connectivity index (χ4v) is 6.07. The van der Waals surface area contributed by atoms with E-state index in [1.54, 1.807) is 24.4 Å². The molecule has 1 fully saturated rings. The van der Waals surface area contributed by atoms with E-state index >= 15 is 0 Å². The van der Waals surface area contributed by atoms with Gasteiger partial charge in [-0.2, -0.15) is 17.6 Å². The van der Waals surface area contributed by atoms with Gasteiger partial charge in [0, 0.05) is 33.8 Å². The number of pyridine rings is 1. The Morgan fingerprint density at radius 3 is 2.74 bits per heavy atom. The summed E-state index contributed by atoms with van der Waals surface area (Å²) >= 11 is 7.61. The zero-order valence-electron chi connectivity index (χ0n) is 20.6. The molecule has 206 valence electrons. The van der Waals surface area contributed by atoms with E-state index < -0.39 is 36.3 Å². The van der Waals surface area contributed by atoms with Crippen LogP contribution < -0.4 is 21.3 Å². The van der Waals surface area contributed by atoms with E-state index in [1.807, 2.05) is 13.0 Å². The van der Waals surface area contributed by atoms with Crippen molar-refractivity contribution in [1.82, 2.24) is 19.4 Å². The first-order valence-corrected chi connectivity index (χ1v) is 13.3. The van der Waals surface area contributed by atoms with E-state index in [1.165, 1.54) is 11.3 Å². The summed E-state index contributed by atoms with van der Waals surface area (Å²) in [6.07, 6.45) is -1.02. The lowest BCUT2D eigenvalue weighted by Gasteiger charge is -2.26. The van der Waals surface area contributed by atoms with Crippen molar-refractivity contribution >= 4 is 33.2 Å². The van der Waals surface area contributed by atoms with E-state index in [2.05, 4.69) is 10.3 Å². The van der Waals surface area contributed by atoms with Crippen molar-refractivity contribution in [2.24, 2.45) is 0 Å². The summed E-state index contributed by atoms with van der Waals surface area (Å²) in [6.45, 7) is 1.42. The number of alkyl halides is 3. The fourth-order valence-electron chi connectivity index (χ4n) is 4.67. The minimum atomic E-state index is -4.77. The van der Waals surface area contributed by atoms with Crippen LogP contribution in [0.5, 0.6) is 5.75 Å². The monoisotopic (exact) mass is 582 g/mol. The van der Waals surface area contributed by atoms with Crippen LogP contribution in [0.15, 0.2) is 46.2 Å². The molecule has 0 aliphatic carbocycles. The molecule has 1 aliphatic heterocycles. The van der Waals surface area contributed by atoms with Gasteiger partial charge < -0.3 is 10.1 Å². The Bertz CT molecular complexity index is 1660. The van der Waals surface area contributed by atoms with Gasteiger partial charge in [-0.3, -0.25) is 18.9 Å². The second kappa shape index (κ2) is 10.7. The molecule has 7 nitrogen and oxygen atoms in total. The van der Waals surface area contributed by atoms with E-state index in [0.29, 0.717) is 37.0 Å². The van der Waals surface area contributed by atoms with Crippen LogP contribution in [0.2, 0.25) is 5.02 Å². The number of thiophene rings is 1. The Hall–Kier alpha value is -3.22. The maximum absolute atomic E-state index is 14.2. The number of halogens is 5. The average Bonchev–Trinajstić information content (AvgIpc) is 3.29. The third-order valence-electron chi connectivity index (χ3n) is 6.39. The van der Waals surface area contributed by atoms with E-state index in [4.69, 9.17) is 16.3 Å². The molecule has 0 radical (unpaired) electrons. The van der Waals surface area contributed by atoms with Crippen molar-refractivity contribution in [3.05, 3.63) is 78.8 Å². The molecule has 0 unspecified atom stereocenters. The number of nitrogens with zero attached hydrogens (tertiary/aromatic N) is 3. The predicted octanol–water partition coefficient (Wildman–Crippen LogP) is 5.13. The SMILES string of the molecule is Cc1cc(Cl)cc(-c2ccnc3cc(Cn4c(=O)c(F)cn(CC(F)(F)F)c4=O)sc23)c1O[C@H]1CCCNC1. The number of aryl methyl sites for hydroxylation is 1. The van der Waals surface area contributed by atoms with Gasteiger partial charge in [0.1, 0.15) is 18.4 Å². The zero-order chi connectivity index (χ0) is 27.9. The van der Waals surface area contributed by atoms with Crippen molar-refractivity contribution in [1.29, 1.82) is 0 Å². The van der Waals surface area contributed by atoms with Gasteiger partial charge in [-0.1, -0.05) is 11.6 Å². The molecule has 3 aromatic heterocycles. The van der Waals surface area contributed by atoms with E-state index in [9.17, 15) is 27.2 Å². The molecule has 1 N–H and O–H groups in total. The molecule has 1 aromatic carbocycles. The summed E-state index contributed by atoms with van der Waals surface area (Å²) in [7, 11) is 0. The average molecular weight is 583 g/mol. The summed E-state index contributed by atoms with van der Waals surface area (Å²) in [5.41, 5.74) is 0.318. The van der Waals surface area contributed by atoms with Gasteiger partial charge in [-0.25, -0.2) is 4.79 Å². The first-order valence-electron chi connectivity index (χ1n) is 12.1. The second-order valence-electron chi connectivity index (χ2n) is 9.37. The van der Waals surface area contributed by atoms with Gasteiger partial charge in [0.15, 0.2) is 0 Å². The molecule has 0 spiro atoms. The molecule has 1 atom stereocenters. The summed E-state index contributed by atoms with van der Waals surface area (Å²) < 4.78 is 60.6. The van der Waals surface area contributed by atoms with Crippen LogP contribution in [0.25, 0.3) is 21.3 Å². The lowest BCUT2D eigenvalue weighted by molar-refractivity contribution is -0.141. The maximum atomic E-state index is 14.2. The van der Waals surface area contributed by atoms with Gasteiger partial charge >= 0.3 is 11.9 Å². The Morgan fingerprint density at radius 2 is 2.03 bits per heavy atom. The largest absolute Gasteiger partial charge is 0.488 e. The van der Waals surface area contributed by atoms with Gasteiger partial charge in [0.05, 0.1) is 23.0 Å². The van der Waals surface area contributed by atoms with Crippen molar-refractivity contribution in [2.45, 2.75) is 45.1 Å². The first kappa shape index (κ1) is 27.4. The zero-order valence-corrected chi connectivity index (χ0v) is 22.2. The van der Waals surface area contributed by atoms with E-state index in [-0.39, 0.29) is 16.9 Å². The fraction of sp³-hybridized carbons (Fsp3) is 0.346. The Kier molecular flexibility index (Phi) is 7.53. The Morgan fingerprint density at radius 1 is 1.23 bits per heavy atom. The molecular formula is C26H23ClF4N4O3S. The summed E-state index contributed by atoms with van der Waals surface area (Å²) in [4.78, 5) is 29.8. The van der Waals surface area contributed by atoms with Crippen molar-refractivity contribution in [3.63, 3.8) is 0 Å². The van der Waals surface area contributed by atoms with Crippen LogP contribution >= 0.6 is 22.9 Å². The topological polar surface area (TPSA) is 78.2 Å². The third-order valence-corrected chi connectivity index (χ3v) is 7.75. The molecule has 1 saturated heterocycles. The second-order valence-corrected chi connectivity index (χ2v) is 10.9. The standard InChI is InChI=1S/C26H23ClF4N4O3S/c1-14-7-15(27)8-19(22(14)38-16-3-2-5-32-10-16)18-4-6-33-21-9-17(39-23(18)21)11-35-24(36)20(28)12-34(25(35)37)13-26(29,30)31/h4,6-9,12,16,32H,2-3,5,10-11,13H2,1H3/t16-/m0/s1. The molecular weight excluding hydrogens is 560 g/mol. The van der Waals surface area contributed by atoms with Gasteiger partial charge in [0.25, 0.3) is 5.56 Å². The summed E-state index contributed by atoms with van der Waals surface area (Å²) in [6, 6.07) is 7.03. The van der Waals surface area contributed by atoms with Crippen LogP contribution in [0.3, 0.4) is 0 Å². The number of aromatic nitrogens is 3. The minimum absolute atomic E-state index is 0.0210. The third kappa shape index (κ3) is 5.87. The number of piperidine rings is 1. The molecule has 13 heteroatoms. The van der Waals surface area contributed by atoms with Crippen LogP contribution in [0.4, 0.5) is 17.6 Å². The number of nitrogens with one attached hydrogen (secondary N) is 1. The molecule has 0 saturated carbocycles. The van der Waals surface area contributed by atoms with Crippen LogP contribution in [-0.2, 0) is 13.1 Å². The number of fused-ring (bicyclic) bond motifs is 1. The highest BCUT2D eigenvalue weighted by atomic mass is 35.5. The minimum Gasteiger partial charge on any atom is -0.488 e. The summed E-state index contributed by atoms with van der Waals surface area (Å²) in [5.74, 6) is -0.779. The molecule has 4 aromatic rings. The van der Waals surface area contributed by atoms with Crippen molar-refractivity contribution in [2.75, 3.05) is 13.1 Å². The molecule has 4 heterocycles. The van der Waals surface area contributed by atoms with Crippen LogP contribution in [0, 0.1) is 12.7 Å². The van der Waals surface area contributed by atoms with Crippen LogP contribution in [-0.4, -0.2) is 39.5 Å². The van der Waals surface area contributed by atoms with Gasteiger partial charge in [0.2, 0.25) is 5.82 Å². The van der Waals surface area contributed by atoms with Crippen LogP contribution in [0.1, 0.15) is 23.3 Å². The molecule has 5 rings (SSSR count). The highest BCUT2D eigenvalue weighted by Gasteiger charge is 2.30.